The third-order valence-electron chi connectivity index (χ3n) is 7.02. The highest BCUT2D eigenvalue weighted by molar-refractivity contribution is 6.00. The molecule has 43 heavy (non-hydrogen) atoms. The number of aliphatic hydroxyl groups is 1. The van der Waals surface area contributed by atoms with Crippen LogP contribution < -0.4 is 16.4 Å². The second-order valence-electron chi connectivity index (χ2n) is 11.5. The third kappa shape index (κ3) is 8.01. The number of anilines is 3. The minimum absolute atomic E-state index is 0.0155. The Kier molecular flexibility index (Phi) is 9.54. The van der Waals surface area contributed by atoms with Crippen LogP contribution in [0, 0.1) is 10.1 Å². The third-order valence-corrected chi connectivity index (χ3v) is 7.02. The van der Waals surface area contributed by atoms with Crippen molar-refractivity contribution in [1.82, 2.24) is 14.5 Å². The monoisotopic (exact) mass is 593 g/mol. The van der Waals surface area contributed by atoms with E-state index < -0.39 is 34.7 Å². The number of benzene rings is 1. The predicted octanol–water partition coefficient (Wildman–Crippen LogP) is 4.41. The summed E-state index contributed by atoms with van der Waals surface area (Å²) < 4.78 is 7.44. The highest BCUT2D eigenvalue weighted by Gasteiger charge is 2.41. The number of nitro groups is 1. The molecular formula is C30H39N7O6. The number of hydrogen-bond acceptors (Lipinski definition) is 9. The van der Waals surface area contributed by atoms with Gasteiger partial charge < -0.3 is 30.8 Å². The molecule has 2 aromatic heterocycles. The first-order valence-corrected chi connectivity index (χ1v) is 14.3. The fraction of sp³-hybridized carbons (Fsp3) is 0.433. The highest BCUT2D eigenvalue weighted by Crippen LogP contribution is 2.31. The SMILES string of the molecule is CCc1ccc(-c2cn(CCCNc3ccc([N+](=O)[O-])c(N)n3)cc2NC(=O)C2CC(O)CN2C(=O)OC(C)(C)C)cc1. The molecule has 4 rings (SSSR count). The zero-order valence-corrected chi connectivity index (χ0v) is 24.9. The second-order valence-corrected chi connectivity index (χ2v) is 11.5. The first kappa shape index (κ1) is 31.3. The Morgan fingerprint density at radius 3 is 2.53 bits per heavy atom. The molecule has 13 nitrogen and oxygen atoms in total. The van der Waals surface area contributed by atoms with Gasteiger partial charge in [-0.15, -0.1) is 0 Å². The Bertz CT molecular complexity index is 1460. The van der Waals surface area contributed by atoms with E-state index in [4.69, 9.17) is 10.5 Å². The number of hydrogen-bond donors (Lipinski definition) is 4. The summed E-state index contributed by atoms with van der Waals surface area (Å²) in [4.78, 5) is 42.0. The lowest BCUT2D eigenvalue weighted by Crippen LogP contribution is -2.45. The largest absolute Gasteiger partial charge is 0.444 e. The fourth-order valence-electron chi connectivity index (χ4n) is 4.89. The van der Waals surface area contributed by atoms with Crippen molar-refractivity contribution in [2.75, 3.05) is 29.5 Å². The van der Waals surface area contributed by atoms with E-state index in [-0.39, 0.29) is 24.5 Å². The molecule has 230 valence electrons. The lowest BCUT2D eigenvalue weighted by atomic mass is 10.0. The molecule has 0 saturated carbocycles. The molecule has 0 spiro atoms. The zero-order chi connectivity index (χ0) is 31.3. The smallest absolute Gasteiger partial charge is 0.411 e. The summed E-state index contributed by atoms with van der Waals surface area (Å²) in [6.07, 6.45) is 4.00. The first-order valence-electron chi connectivity index (χ1n) is 14.3. The molecule has 0 radical (unpaired) electrons. The lowest BCUT2D eigenvalue weighted by Gasteiger charge is -2.27. The van der Waals surface area contributed by atoms with E-state index in [1.807, 2.05) is 41.2 Å². The van der Waals surface area contributed by atoms with Crippen LogP contribution in [0.15, 0.2) is 48.8 Å². The Morgan fingerprint density at radius 2 is 1.91 bits per heavy atom. The number of likely N-dealkylation sites (tertiary alicyclic amines) is 1. The van der Waals surface area contributed by atoms with Crippen molar-refractivity contribution in [2.24, 2.45) is 0 Å². The number of amides is 2. The van der Waals surface area contributed by atoms with E-state index in [9.17, 15) is 24.8 Å². The van der Waals surface area contributed by atoms with Gasteiger partial charge in [-0.3, -0.25) is 19.8 Å². The number of nitrogens with two attached hydrogens (primary N) is 1. The van der Waals surface area contributed by atoms with Gasteiger partial charge in [-0.25, -0.2) is 9.78 Å². The fourth-order valence-corrected chi connectivity index (χ4v) is 4.89. The van der Waals surface area contributed by atoms with Crippen LogP contribution in [-0.2, 0) is 22.5 Å². The summed E-state index contributed by atoms with van der Waals surface area (Å²) in [5.41, 5.74) is 8.21. The summed E-state index contributed by atoms with van der Waals surface area (Å²) in [6.45, 7) is 8.46. The van der Waals surface area contributed by atoms with E-state index in [2.05, 4.69) is 22.5 Å². The van der Waals surface area contributed by atoms with Crippen LogP contribution in [0.25, 0.3) is 11.1 Å². The lowest BCUT2D eigenvalue weighted by molar-refractivity contribution is -0.384. The van der Waals surface area contributed by atoms with Crippen molar-refractivity contribution in [3.63, 3.8) is 0 Å². The number of carbonyl (C=O) groups is 2. The Morgan fingerprint density at radius 1 is 1.19 bits per heavy atom. The molecule has 1 aliphatic heterocycles. The second kappa shape index (κ2) is 13.1. The Labute approximate surface area is 250 Å². The van der Waals surface area contributed by atoms with Crippen molar-refractivity contribution in [1.29, 1.82) is 0 Å². The van der Waals surface area contributed by atoms with Crippen molar-refractivity contribution in [2.45, 2.75) is 71.2 Å². The predicted molar refractivity (Wildman–Crippen MR) is 164 cm³/mol. The topological polar surface area (TPSA) is 178 Å². The summed E-state index contributed by atoms with van der Waals surface area (Å²) in [6, 6.07) is 10.0. The Balaban J connectivity index is 1.48. The molecule has 5 N–H and O–H groups in total. The van der Waals surface area contributed by atoms with Gasteiger partial charge in [0.15, 0.2) is 0 Å². The van der Waals surface area contributed by atoms with Gasteiger partial charge in [0.05, 0.1) is 23.3 Å². The van der Waals surface area contributed by atoms with Gasteiger partial charge in [-0.2, -0.15) is 0 Å². The minimum Gasteiger partial charge on any atom is -0.444 e. The normalized spacial score (nSPS) is 16.6. The molecule has 2 atom stereocenters. The van der Waals surface area contributed by atoms with Crippen LogP contribution in [0.2, 0.25) is 0 Å². The quantitative estimate of drug-likeness (QED) is 0.150. The molecule has 2 amide bonds. The van der Waals surface area contributed by atoms with Gasteiger partial charge in [0.1, 0.15) is 17.5 Å². The molecule has 3 heterocycles. The number of nitrogens with one attached hydrogen (secondary N) is 2. The van der Waals surface area contributed by atoms with Gasteiger partial charge in [-0.1, -0.05) is 31.2 Å². The number of aromatic nitrogens is 2. The number of carbonyl (C=O) groups excluding carboxylic acids is 2. The number of rotatable bonds is 10. The van der Waals surface area contributed by atoms with Crippen LogP contribution in [0.4, 0.5) is 27.8 Å². The molecule has 1 fully saturated rings. The van der Waals surface area contributed by atoms with E-state index >= 15 is 0 Å². The van der Waals surface area contributed by atoms with E-state index in [0.29, 0.717) is 31.0 Å². The number of aliphatic hydroxyl groups excluding tert-OH is 1. The van der Waals surface area contributed by atoms with Crippen molar-refractivity contribution < 1.29 is 24.4 Å². The van der Waals surface area contributed by atoms with Crippen molar-refractivity contribution in [3.8, 4) is 11.1 Å². The summed E-state index contributed by atoms with van der Waals surface area (Å²) in [5, 5.41) is 27.4. The summed E-state index contributed by atoms with van der Waals surface area (Å²) in [5.74, 6) is -0.122. The van der Waals surface area contributed by atoms with Gasteiger partial charge in [0.25, 0.3) is 0 Å². The summed E-state index contributed by atoms with van der Waals surface area (Å²) in [7, 11) is 0. The Hall–Kier alpha value is -4.65. The van der Waals surface area contributed by atoms with E-state index in [0.717, 1.165) is 17.5 Å². The number of pyridine rings is 1. The van der Waals surface area contributed by atoms with Gasteiger partial charge in [0.2, 0.25) is 11.7 Å². The molecule has 0 aliphatic carbocycles. The number of nitrogen functional groups attached to an aromatic ring is 1. The van der Waals surface area contributed by atoms with Gasteiger partial charge in [-0.05, 0) is 50.8 Å². The molecular weight excluding hydrogens is 554 g/mol. The maximum absolute atomic E-state index is 13.5. The van der Waals surface area contributed by atoms with E-state index in [1.165, 1.54) is 22.6 Å². The number of β-amino-alcohol motifs (C(OH)–C–C–N with tert-alkyl or cyclic N) is 1. The molecule has 2 unspecified atom stereocenters. The van der Waals surface area contributed by atoms with Crippen LogP contribution in [-0.4, -0.2) is 67.3 Å². The average molecular weight is 594 g/mol. The van der Waals surface area contributed by atoms with Crippen LogP contribution >= 0.6 is 0 Å². The summed E-state index contributed by atoms with van der Waals surface area (Å²) >= 11 is 0. The number of ether oxygens (including phenoxy) is 1. The maximum Gasteiger partial charge on any atom is 0.411 e. The standard InChI is InChI=1S/C30H39N7O6/c1-5-19-7-9-20(10-8-19)22-17-35(14-6-13-32-26-12-11-24(37(41)42)27(31)34-26)18-23(22)33-28(39)25-15-21(38)16-36(25)29(40)43-30(2,3)4/h7-12,17-18,21,25,38H,5-6,13-16H2,1-4H3,(H,33,39)(H3,31,32,34). The highest BCUT2D eigenvalue weighted by atomic mass is 16.6. The first-order chi connectivity index (χ1) is 20.3. The van der Waals surface area contributed by atoms with Crippen LogP contribution in [0.5, 0.6) is 0 Å². The minimum atomic E-state index is -0.880. The van der Waals surface area contributed by atoms with Gasteiger partial charge in [0, 0.05) is 43.5 Å². The molecule has 1 aromatic carbocycles. The molecule has 3 aromatic rings. The maximum atomic E-state index is 13.5. The van der Waals surface area contributed by atoms with E-state index in [1.54, 1.807) is 20.8 Å². The average Bonchev–Trinajstić information content (AvgIpc) is 3.53. The molecule has 13 heteroatoms. The molecule has 1 aliphatic rings. The van der Waals surface area contributed by atoms with Crippen molar-refractivity contribution >= 4 is 35.0 Å². The van der Waals surface area contributed by atoms with Crippen LogP contribution in [0.1, 0.15) is 46.1 Å². The molecule has 1 saturated heterocycles. The number of nitrogens with zero attached hydrogens (tertiary/aromatic N) is 4. The number of aryl methyl sites for hydroxylation is 2. The zero-order valence-electron chi connectivity index (χ0n) is 24.9. The molecule has 0 bridgehead atoms. The van der Waals surface area contributed by atoms with Crippen LogP contribution in [0.3, 0.4) is 0 Å². The van der Waals surface area contributed by atoms with Crippen molar-refractivity contribution in [3.05, 3.63) is 64.5 Å². The van der Waals surface area contributed by atoms with Gasteiger partial charge >= 0.3 is 11.8 Å².